The first-order chi connectivity index (χ1) is 18.4. The molecule has 0 spiro atoms. The third-order valence-electron chi connectivity index (χ3n) is 6.80. The number of aromatic nitrogens is 3. The highest BCUT2D eigenvalue weighted by Crippen LogP contribution is 2.38. The van der Waals surface area contributed by atoms with Gasteiger partial charge in [-0.2, -0.15) is 9.78 Å². The Hall–Kier alpha value is -4.17. The van der Waals surface area contributed by atoms with Gasteiger partial charge in [0.05, 0.1) is 17.0 Å². The third-order valence-corrected chi connectivity index (χ3v) is 7.10. The SMILES string of the molecule is Cc1ccc(CNC(=O)n2nc(-c3cc(NC(=O)c4cccnc4Cl)ccc3O)cc2C2CCCC2)cc1. The van der Waals surface area contributed by atoms with Gasteiger partial charge >= 0.3 is 6.03 Å². The van der Waals surface area contributed by atoms with E-state index in [0.717, 1.165) is 42.5 Å². The Morgan fingerprint density at radius 3 is 2.58 bits per heavy atom. The largest absolute Gasteiger partial charge is 0.507 e. The quantitative estimate of drug-likeness (QED) is 0.201. The summed E-state index contributed by atoms with van der Waals surface area (Å²) in [6, 6.07) is 17.4. The van der Waals surface area contributed by atoms with Crippen LogP contribution in [0.1, 0.15) is 58.8 Å². The number of anilines is 1. The number of rotatable bonds is 6. The lowest BCUT2D eigenvalue weighted by Crippen LogP contribution is -2.30. The first-order valence-electron chi connectivity index (χ1n) is 12.6. The number of pyridine rings is 1. The number of nitrogens with zero attached hydrogens (tertiary/aromatic N) is 3. The molecule has 0 unspecified atom stereocenters. The van der Waals surface area contributed by atoms with Gasteiger partial charge in [0.25, 0.3) is 5.91 Å². The molecule has 2 amide bonds. The number of hydrogen-bond donors (Lipinski definition) is 3. The Kier molecular flexibility index (Phi) is 7.42. The number of halogens is 1. The number of carbonyl (C=O) groups is 2. The lowest BCUT2D eigenvalue weighted by atomic mass is 10.0. The maximum atomic E-state index is 13.2. The molecular weight excluding hydrogens is 502 g/mol. The fourth-order valence-electron chi connectivity index (χ4n) is 4.73. The zero-order valence-corrected chi connectivity index (χ0v) is 21.7. The highest BCUT2D eigenvalue weighted by Gasteiger charge is 2.26. The second-order valence-corrected chi connectivity index (χ2v) is 9.88. The van der Waals surface area contributed by atoms with Crippen molar-refractivity contribution in [1.29, 1.82) is 0 Å². The summed E-state index contributed by atoms with van der Waals surface area (Å²) in [5, 5.41) is 21.1. The van der Waals surface area contributed by atoms with Gasteiger partial charge < -0.3 is 15.7 Å². The summed E-state index contributed by atoms with van der Waals surface area (Å²) in [4.78, 5) is 29.9. The minimum atomic E-state index is -0.424. The van der Waals surface area contributed by atoms with Crippen molar-refractivity contribution in [2.24, 2.45) is 0 Å². The van der Waals surface area contributed by atoms with E-state index in [1.165, 1.54) is 16.9 Å². The maximum absolute atomic E-state index is 13.2. The van der Waals surface area contributed by atoms with Gasteiger partial charge in [-0.15, -0.1) is 0 Å². The summed E-state index contributed by atoms with van der Waals surface area (Å²) in [7, 11) is 0. The third kappa shape index (κ3) is 5.55. The molecule has 2 aromatic carbocycles. The Morgan fingerprint density at radius 2 is 1.84 bits per heavy atom. The molecule has 9 heteroatoms. The predicted molar refractivity (Wildman–Crippen MR) is 147 cm³/mol. The average Bonchev–Trinajstić information content (AvgIpc) is 3.60. The van der Waals surface area contributed by atoms with Crippen LogP contribution in [0.2, 0.25) is 5.15 Å². The van der Waals surface area contributed by atoms with Crippen LogP contribution in [0, 0.1) is 6.92 Å². The van der Waals surface area contributed by atoms with E-state index < -0.39 is 5.91 Å². The van der Waals surface area contributed by atoms with Crippen molar-refractivity contribution >= 4 is 29.2 Å². The molecule has 3 N–H and O–H groups in total. The van der Waals surface area contributed by atoms with Gasteiger partial charge in [0.1, 0.15) is 10.9 Å². The van der Waals surface area contributed by atoms with E-state index >= 15 is 0 Å². The van der Waals surface area contributed by atoms with Crippen LogP contribution >= 0.6 is 11.6 Å². The van der Waals surface area contributed by atoms with Crippen molar-refractivity contribution in [3.05, 3.63) is 94.4 Å². The molecule has 0 bridgehead atoms. The molecule has 1 aliphatic carbocycles. The van der Waals surface area contributed by atoms with Crippen LogP contribution in [0.25, 0.3) is 11.3 Å². The molecule has 4 aromatic rings. The fourth-order valence-corrected chi connectivity index (χ4v) is 4.94. The molecule has 38 heavy (non-hydrogen) atoms. The Bertz CT molecular complexity index is 1480. The van der Waals surface area contributed by atoms with E-state index in [1.807, 2.05) is 37.3 Å². The highest BCUT2D eigenvalue weighted by molar-refractivity contribution is 6.33. The number of carbonyl (C=O) groups excluding carboxylic acids is 2. The topological polar surface area (TPSA) is 109 Å². The maximum Gasteiger partial charge on any atom is 0.342 e. The monoisotopic (exact) mass is 529 g/mol. The smallest absolute Gasteiger partial charge is 0.342 e. The molecule has 1 fully saturated rings. The number of nitrogens with one attached hydrogen (secondary N) is 2. The number of hydrogen-bond acceptors (Lipinski definition) is 5. The summed E-state index contributed by atoms with van der Waals surface area (Å²) < 4.78 is 1.42. The molecule has 2 heterocycles. The van der Waals surface area contributed by atoms with E-state index in [2.05, 4.69) is 20.7 Å². The molecular formula is C29H28ClN5O3. The van der Waals surface area contributed by atoms with Gasteiger partial charge in [-0.25, -0.2) is 9.78 Å². The van der Waals surface area contributed by atoms with Crippen molar-refractivity contribution < 1.29 is 14.7 Å². The number of aromatic hydroxyl groups is 1. The van der Waals surface area contributed by atoms with Crippen LogP contribution in [-0.4, -0.2) is 31.8 Å². The summed E-state index contributed by atoms with van der Waals surface area (Å²) in [5.41, 5.74) is 4.51. The Labute approximate surface area is 225 Å². The number of aryl methyl sites for hydroxylation is 1. The van der Waals surface area contributed by atoms with Crippen molar-refractivity contribution in [3.8, 4) is 17.0 Å². The molecule has 0 saturated heterocycles. The van der Waals surface area contributed by atoms with Crippen molar-refractivity contribution in [2.75, 3.05) is 5.32 Å². The van der Waals surface area contributed by atoms with Crippen LogP contribution in [0.5, 0.6) is 5.75 Å². The molecule has 194 valence electrons. The zero-order chi connectivity index (χ0) is 26.6. The first-order valence-corrected chi connectivity index (χ1v) is 13.0. The Morgan fingerprint density at radius 1 is 1.08 bits per heavy atom. The van der Waals surface area contributed by atoms with Gasteiger partial charge in [0.15, 0.2) is 0 Å². The van der Waals surface area contributed by atoms with Crippen molar-refractivity contribution in [2.45, 2.75) is 45.1 Å². The van der Waals surface area contributed by atoms with Gasteiger partial charge in [-0.1, -0.05) is 54.3 Å². The average molecular weight is 530 g/mol. The Balaban J connectivity index is 1.42. The van der Waals surface area contributed by atoms with E-state index in [4.69, 9.17) is 11.6 Å². The second-order valence-electron chi connectivity index (χ2n) is 9.52. The fraction of sp³-hybridized carbons (Fsp3) is 0.241. The van der Waals surface area contributed by atoms with Crippen LogP contribution < -0.4 is 10.6 Å². The second kappa shape index (κ2) is 11.1. The normalized spacial score (nSPS) is 13.4. The number of benzene rings is 2. The van der Waals surface area contributed by atoms with Crippen LogP contribution in [0.4, 0.5) is 10.5 Å². The standard InChI is InChI=1S/C29H28ClN5O3/c1-18-8-10-19(11-9-18)17-32-29(38)35-25(20-5-2-3-6-20)16-24(34-35)23-15-21(12-13-26(23)36)33-28(37)22-7-4-14-31-27(22)30/h4,7-16,20,36H,2-3,5-6,17H2,1H3,(H,32,38)(H,33,37). The van der Waals surface area contributed by atoms with Gasteiger partial charge in [-0.05, 0) is 61.7 Å². The summed E-state index contributed by atoms with van der Waals surface area (Å²) in [6.07, 6.45) is 5.65. The van der Waals surface area contributed by atoms with E-state index in [9.17, 15) is 14.7 Å². The highest BCUT2D eigenvalue weighted by atomic mass is 35.5. The van der Waals surface area contributed by atoms with E-state index in [0.29, 0.717) is 23.5 Å². The molecule has 0 atom stereocenters. The molecule has 8 nitrogen and oxygen atoms in total. The molecule has 1 saturated carbocycles. The van der Waals surface area contributed by atoms with Gasteiger partial charge in [-0.3, -0.25) is 4.79 Å². The van der Waals surface area contributed by atoms with Gasteiger partial charge in [0, 0.05) is 29.9 Å². The minimum absolute atomic E-state index is 0.00917. The molecule has 5 rings (SSSR count). The van der Waals surface area contributed by atoms with Crippen LogP contribution in [-0.2, 0) is 6.54 Å². The molecule has 0 aliphatic heterocycles. The summed E-state index contributed by atoms with van der Waals surface area (Å²) in [6.45, 7) is 2.40. The lowest BCUT2D eigenvalue weighted by Gasteiger charge is -2.12. The molecule has 0 radical (unpaired) electrons. The molecule has 1 aliphatic rings. The number of amides is 2. The first kappa shape index (κ1) is 25.5. The predicted octanol–water partition coefficient (Wildman–Crippen LogP) is 6.28. The molecule has 2 aromatic heterocycles. The van der Waals surface area contributed by atoms with E-state index in [-0.39, 0.29) is 28.4 Å². The zero-order valence-electron chi connectivity index (χ0n) is 20.9. The van der Waals surface area contributed by atoms with Crippen molar-refractivity contribution in [1.82, 2.24) is 20.1 Å². The van der Waals surface area contributed by atoms with Crippen LogP contribution in [0.15, 0.2) is 66.9 Å². The van der Waals surface area contributed by atoms with Crippen molar-refractivity contribution in [3.63, 3.8) is 0 Å². The summed E-state index contributed by atoms with van der Waals surface area (Å²) in [5.74, 6) is -0.225. The minimum Gasteiger partial charge on any atom is -0.507 e. The van der Waals surface area contributed by atoms with E-state index in [1.54, 1.807) is 24.3 Å². The van der Waals surface area contributed by atoms with Crippen LogP contribution in [0.3, 0.4) is 0 Å². The number of phenolic OH excluding ortho intramolecular Hbond substituents is 1. The summed E-state index contributed by atoms with van der Waals surface area (Å²) >= 11 is 6.06. The van der Waals surface area contributed by atoms with Gasteiger partial charge in [0.2, 0.25) is 0 Å². The number of phenols is 1. The lowest BCUT2D eigenvalue weighted by molar-refractivity contribution is 0.102.